The Hall–Kier alpha value is -2.25. The maximum atomic E-state index is 6.23. The Kier molecular flexibility index (Phi) is 2.54. The molecule has 20 heavy (non-hydrogen) atoms. The first-order valence-corrected chi connectivity index (χ1v) is 6.95. The number of aromatic nitrogens is 1. The number of hydrogen-bond acceptors (Lipinski definition) is 0. The van der Waals surface area contributed by atoms with Gasteiger partial charge in [0.05, 0.1) is 0 Å². The molecule has 4 rings (SSSR count). The molecular weight excluding hydrogens is 266 g/mol. The molecule has 1 aromatic heterocycles. The lowest BCUT2D eigenvalue weighted by molar-refractivity contribution is 1.46. The van der Waals surface area contributed by atoms with E-state index in [2.05, 4.69) is 53.5 Å². The van der Waals surface area contributed by atoms with Crippen molar-refractivity contribution < 1.29 is 0 Å². The van der Waals surface area contributed by atoms with Gasteiger partial charge in [-0.25, -0.2) is 0 Å². The monoisotopic (exact) mass is 277 g/mol. The van der Waals surface area contributed by atoms with Gasteiger partial charge >= 0.3 is 0 Å². The molecule has 0 aliphatic rings. The van der Waals surface area contributed by atoms with Crippen LogP contribution in [0.25, 0.3) is 32.9 Å². The third kappa shape index (κ3) is 1.79. The fraction of sp³-hybridized carbons (Fsp3) is 0. The second-order valence-corrected chi connectivity index (χ2v) is 5.35. The van der Waals surface area contributed by atoms with Crippen LogP contribution in [-0.2, 0) is 0 Å². The summed E-state index contributed by atoms with van der Waals surface area (Å²) < 4.78 is 0. The van der Waals surface area contributed by atoms with Crippen molar-refractivity contribution in [2.24, 2.45) is 0 Å². The van der Waals surface area contributed by atoms with Gasteiger partial charge in [0.2, 0.25) is 0 Å². The second kappa shape index (κ2) is 4.39. The minimum atomic E-state index is 0.783. The van der Waals surface area contributed by atoms with Crippen molar-refractivity contribution in [3.05, 3.63) is 71.8 Å². The van der Waals surface area contributed by atoms with Crippen molar-refractivity contribution in [3.63, 3.8) is 0 Å². The van der Waals surface area contributed by atoms with E-state index in [0.717, 1.165) is 21.6 Å². The van der Waals surface area contributed by atoms with E-state index >= 15 is 0 Å². The van der Waals surface area contributed by atoms with Crippen LogP contribution >= 0.6 is 11.6 Å². The van der Waals surface area contributed by atoms with Crippen LogP contribution in [0.1, 0.15) is 0 Å². The minimum Gasteiger partial charge on any atom is -0.354 e. The Morgan fingerprint density at radius 2 is 1.60 bits per heavy atom. The summed E-state index contributed by atoms with van der Waals surface area (Å²) in [6, 6.07) is 22.9. The van der Waals surface area contributed by atoms with Crippen molar-refractivity contribution in [3.8, 4) is 11.3 Å². The Balaban J connectivity index is 1.94. The lowest BCUT2D eigenvalue weighted by atomic mass is 10.1. The molecular formula is C18H12ClN. The molecule has 1 nitrogen and oxygen atoms in total. The number of aromatic amines is 1. The van der Waals surface area contributed by atoms with E-state index in [-0.39, 0.29) is 0 Å². The van der Waals surface area contributed by atoms with Gasteiger partial charge < -0.3 is 4.98 Å². The number of H-pyrrole nitrogens is 1. The average molecular weight is 278 g/mol. The summed E-state index contributed by atoms with van der Waals surface area (Å²) in [5.41, 5.74) is 3.34. The zero-order valence-electron chi connectivity index (χ0n) is 10.7. The van der Waals surface area contributed by atoms with Gasteiger partial charge in [-0.1, -0.05) is 54.1 Å². The molecule has 4 aromatic rings. The molecule has 0 aliphatic carbocycles. The highest BCUT2D eigenvalue weighted by Crippen LogP contribution is 2.30. The summed E-state index contributed by atoms with van der Waals surface area (Å²) in [5, 5.41) is 4.35. The molecule has 0 radical (unpaired) electrons. The van der Waals surface area contributed by atoms with Crippen LogP contribution in [-0.4, -0.2) is 4.98 Å². The minimum absolute atomic E-state index is 0.783. The van der Waals surface area contributed by atoms with E-state index in [1.807, 2.05) is 18.2 Å². The molecule has 0 fully saturated rings. The summed E-state index contributed by atoms with van der Waals surface area (Å²) in [6.07, 6.45) is 0. The van der Waals surface area contributed by atoms with Gasteiger partial charge in [0, 0.05) is 21.6 Å². The molecule has 3 aromatic carbocycles. The van der Waals surface area contributed by atoms with E-state index in [1.165, 1.54) is 16.3 Å². The summed E-state index contributed by atoms with van der Waals surface area (Å²) in [6.45, 7) is 0. The van der Waals surface area contributed by atoms with E-state index < -0.39 is 0 Å². The number of halogens is 1. The summed E-state index contributed by atoms with van der Waals surface area (Å²) in [7, 11) is 0. The molecule has 0 unspecified atom stereocenters. The number of rotatable bonds is 1. The van der Waals surface area contributed by atoms with Gasteiger partial charge in [-0.2, -0.15) is 0 Å². The Bertz CT molecular complexity index is 921. The van der Waals surface area contributed by atoms with Gasteiger partial charge in [0.15, 0.2) is 0 Å². The first-order chi connectivity index (χ1) is 9.81. The smallest absolute Gasteiger partial charge is 0.0500 e. The zero-order chi connectivity index (χ0) is 13.5. The summed E-state index contributed by atoms with van der Waals surface area (Å²) >= 11 is 6.23. The molecule has 2 heteroatoms. The van der Waals surface area contributed by atoms with E-state index in [1.54, 1.807) is 0 Å². The van der Waals surface area contributed by atoms with Crippen LogP contribution in [0.5, 0.6) is 0 Å². The topological polar surface area (TPSA) is 15.8 Å². The number of nitrogens with one attached hydrogen (secondary N) is 1. The van der Waals surface area contributed by atoms with Crippen LogP contribution in [0.15, 0.2) is 66.7 Å². The van der Waals surface area contributed by atoms with E-state index in [4.69, 9.17) is 11.6 Å². The lowest BCUT2D eigenvalue weighted by Gasteiger charge is -2.01. The van der Waals surface area contributed by atoms with Gasteiger partial charge in [0.25, 0.3) is 0 Å². The van der Waals surface area contributed by atoms with Crippen LogP contribution in [0, 0.1) is 0 Å². The molecule has 0 saturated heterocycles. The van der Waals surface area contributed by atoms with Crippen LogP contribution < -0.4 is 0 Å². The van der Waals surface area contributed by atoms with Crippen LogP contribution in [0.2, 0.25) is 5.02 Å². The van der Waals surface area contributed by atoms with Gasteiger partial charge in [-0.15, -0.1) is 0 Å². The fourth-order valence-electron chi connectivity index (χ4n) is 2.63. The third-order valence-corrected chi connectivity index (χ3v) is 4.00. The SMILES string of the molecule is Clc1cccc2[nH]c(-c3ccc4ccccc4c3)cc12. The third-order valence-electron chi connectivity index (χ3n) is 3.67. The summed E-state index contributed by atoms with van der Waals surface area (Å²) in [4.78, 5) is 3.43. The molecule has 0 aliphatic heterocycles. The van der Waals surface area contributed by atoms with Crippen LogP contribution in [0.4, 0.5) is 0 Å². The van der Waals surface area contributed by atoms with Crippen molar-refractivity contribution in [1.82, 2.24) is 4.98 Å². The number of benzene rings is 3. The molecule has 0 bridgehead atoms. The maximum Gasteiger partial charge on any atom is 0.0500 e. The molecule has 0 spiro atoms. The first-order valence-electron chi connectivity index (χ1n) is 6.58. The Morgan fingerprint density at radius 1 is 0.750 bits per heavy atom. The Morgan fingerprint density at radius 3 is 2.45 bits per heavy atom. The van der Waals surface area contributed by atoms with Crippen molar-refractivity contribution in [2.75, 3.05) is 0 Å². The molecule has 0 amide bonds. The predicted molar refractivity (Wildman–Crippen MR) is 86.3 cm³/mol. The normalized spacial score (nSPS) is 11.2. The zero-order valence-corrected chi connectivity index (χ0v) is 11.5. The molecule has 1 heterocycles. The average Bonchev–Trinajstić information content (AvgIpc) is 2.92. The highest BCUT2D eigenvalue weighted by molar-refractivity contribution is 6.35. The first kappa shape index (κ1) is 11.6. The second-order valence-electron chi connectivity index (χ2n) is 4.95. The fourth-order valence-corrected chi connectivity index (χ4v) is 2.86. The van der Waals surface area contributed by atoms with Gasteiger partial charge in [0.1, 0.15) is 0 Å². The van der Waals surface area contributed by atoms with E-state index in [9.17, 15) is 0 Å². The van der Waals surface area contributed by atoms with Gasteiger partial charge in [-0.05, 0) is 40.6 Å². The molecule has 0 atom stereocenters. The Labute approximate surface area is 121 Å². The predicted octanol–water partition coefficient (Wildman–Crippen LogP) is 5.64. The molecule has 96 valence electrons. The standard InChI is InChI=1S/C18H12ClN/c19-16-6-3-7-17-15(16)11-18(20-17)14-9-8-12-4-1-2-5-13(12)10-14/h1-11,20H. The van der Waals surface area contributed by atoms with E-state index in [0.29, 0.717) is 0 Å². The lowest BCUT2D eigenvalue weighted by Crippen LogP contribution is -1.78. The van der Waals surface area contributed by atoms with Crippen molar-refractivity contribution in [1.29, 1.82) is 0 Å². The number of hydrogen-bond donors (Lipinski definition) is 1. The largest absolute Gasteiger partial charge is 0.354 e. The number of fused-ring (bicyclic) bond motifs is 2. The quantitative estimate of drug-likeness (QED) is 0.463. The van der Waals surface area contributed by atoms with Gasteiger partial charge in [-0.3, -0.25) is 0 Å². The van der Waals surface area contributed by atoms with Crippen molar-refractivity contribution in [2.45, 2.75) is 0 Å². The highest BCUT2D eigenvalue weighted by Gasteiger charge is 2.06. The van der Waals surface area contributed by atoms with Crippen LogP contribution in [0.3, 0.4) is 0 Å². The highest BCUT2D eigenvalue weighted by atomic mass is 35.5. The maximum absolute atomic E-state index is 6.23. The molecule has 0 saturated carbocycles. The molecule has 1 N–H and O–H groups in total. The van der Waals surface area contributed by atoms with Crippen molar-refractivity contribution >= 4 is 33.3 Å². The summed E-state index contributed by atoms with van der Waals surface area (Å²) in [5.74, 6) is 0.